The quantitative estimate of drug-likeness (QED) is 0.792. The van der Waals surface area contributed by atoms with Crippen molar-refractivity contribution >= 4 is 33.0 Å². The Balaban J connectivity index is 2.25. The Morgan fingerprint density at radius 3 is 2.55 bits per heavy atom. The largest absolute Gasteiger partial charge is 0.265 e. The second-order valence-electron chi connectivity index (χ2n) is 4.42. The number of alkyl halides is 1. The predicted octanol–water partition coefficient (Wildman–Crippen LogP) is 3.01. The minimum Gasteiger partial charge on any atom is -0.265 e. The first-order valence-corrected chi connectivity index (χ1v) is 8.74. The number of hydrogen-bond donors (Lipinski definition) is 0. The normalized spacial score (nSPS) is 12.0. The van der Waals surface area contributed by atoms with Crippen molar-refractivity contribution < 1.29 is 8.42 Å². The van der Waals surface area contributed by atoms with Gasteiger partial charge in [-0.05, 0) is 36.2 Å². The van der Waals surface area contributed by atoms with Gasteiger partial charge in [0.1, 0.15) is 4.21 Å². The van der Waals surface area contributed by atoms with Gasteiger partial charge in [-0.2, -0.15) is 4.31 Å². The number of halogens is 1. The molecule has 0 fully saturated rings. The Kier molecular flexibility index (Phi) is 4.80. The summed E-state index contributed by atoms with van der Waals surface area (Å²) in [5.41, 5.74) is 1.82. The lowest BCUT2D eigenvalue weighted by atomic mass is 10.3. The van der Waals surface area contributed by atoms with E-state index in [9.17, 15) is 8.42 Å². The molecule has 2 rings (SSSR count). The molecule has 0 saturated carbocycles. The first kappa shape index (κ1) is 15.4. The zero-order valence-corrected chi connectivity index (χ0v) is 13.6. The fourth-order valence-corrected chi connectivity index (χ4v) is 4.92. The second kappa shape index (κ2) is 6.22. The molecule has 0 spiro atoms. The van der Waals surface area contributed by atoms with E-state index in [1.807, 2.05) is 6.92 Å². The summed E-state index contributed by atoms with van der Waals surface area (Å²) in [5.74, 6) is 0.333. The topological polar surface area (TPSA) is 50.3 Å². The number of sulfonamides is 1. The minimum absolute atomic E-state index is 0.317. The molecule has 0 aliphatic carbocycles. The number of aromatic nitrogens is 1. The third kappa shape index (κ3) is 3.20. The highest BCUT2D eigenvalue weighted by Gasteiger charge is 2.24. The van der Waals surface area contributed by atoms with Crippen LogP contribution >= 0.6 is 22.9 Å². The molecule has 0 saturated heterocycles. The molecule has 7 heteroatoms. The molecule has 2 heterocycles. The lowest BCUT2D eigenvalue weighted by Crippen LogP contribution is -2.25. The van der Waals surface area contributed by atoms with Crippen LogP contribution in [0.25, 0.3) is 0 Å². The van der Waals surface area contributed by atoms with E-state index in [2.05, 4.69) is 4.98 Å². The van der Waals surface area contributed by atoms with E-state index in [4.69, 9.17) is 11.6 Å². The van der Waals surface area contributed by atoms with E-state index in [0.717, 1.165) is 16.0 Å². The van der Waals surface area contributed by atoms with E-state index >= 15 is 0 Å². The highest BCUT2D eigenvalue weighted by molar-refractivity contribution is 7.91. The van der Waals surface area contributed by atoms with Gasteiger partial charge in [0, 0.05) is 30.9 Å². The van der Waals surface area contributed by atoms with Crippen molar-refractivity contribution in [1.29, 1.82) is 0 Å². The third-order valence-electron chi connectivity index (χ3n) is 2.94. The summed E-state index contributed by atoms with van der Waals surface area (Å²) in [6.45, 7) is 2.19. The van der Waals surface area contributed by atoms with Gasteiger partial charge in [0.25, 0.3) is 10.0 Å². The molecule has 0 bridgehead atoms. The SMILES string of the molecule is Cc1cc(S(=O)(=O)N(C)Cc2ccncc2)sc1CCl. The summed E-state index contributed by atoms with van der Waals surface area (Å²) < 4.78 is 26.7. The van der Waals surface area contributed by atoms with Crippen LogP contribution in [0.1, 0.15) is 16.0 Å². The number of rotatable bonds is 5. The molecular formula is C13H15ClN2O2S2. The Morgan fingerprint density at radius 2 is 2.00 bits per heavy atom. The Morgan fingerprint density at radius 1 is 1.35 bits per heavy atom. The van der Waals surface area contributed by atoms with Crippen LogP contribution in [0.4, 0.5) is 0 Å². The van der Waals surface area contributed by atoms with Crippen LogP contribution in [0.5, 0.6) is 0 Å². The number of nitrogens with zero attached hydrogens (tertiary/aromatic N) is 2. The summed E-state index contributed by atoms with van der Waals surface area (Å²) in [5, 5.41) is 0. The fraction of sp³-hybridized carbons (Fsp3) is 0.308. The highest BCUT2D eigenvalue weighted by Crippen LogP contribution is 2.29. The van der Waals surface area contributed by atoms with E-state index in [1.165, 1.54) is 15.6 Å². The van der Waals surface area contributed by atoms with Crippen molar-refractivity contribution in [2.24, 2.45) is 0 Å². The van der Waals surface area contributed by atoms with Crippen LogP contribution in [-0.4, -0.2) is 24.8 Å². The molecular weight excluding hydrogens is 316 g/mol. The van der Waals surface area contributed by atoms with Gasteiger partial charge in [-0.25, -0.2) is 8.42 Å². The maximum atomic E-state index is 12.5. The second-order valence-corrected chi connectivity index (χ2v) is 8.10. The van der Waals surface area contributed by atoms with E-state index < -0.39 is 10.0 Å². The van der Waals surface area contributed by atoms with Gasteiger partial charge in [0.15, 0.2) is 0 Å². The van der Waals surface area contributed by atoms with Crippen molar-refractivity contribution in [3.8, 4) is 0 Å². The van der Waals surface area contributed by atoms with Crippen molar-refractivity contribution in [2.75, 3.05) is 7.05 Å². The van der Waals surface area contributed by atoms with Gasteiger partial charge < -0.3 is 0 Å². The van der Waals surface area contributed by atoms with Gasteiger partial charge in [0.05, 0.1) is 5.88 Å². The van der Waals surface area contributed by atoms with Gasteiger partial charge in [-0.1, -0.05) is 0 Å². The molecule has 0 atom stereocenters. The van der Waals surface area contributed by atoms with Crippen molar-refractivity contribution in [3.05, 3.63) is 46.6 Å². The van der Waals surface area contributed by atoms with Crippen LogP contribution < -0.4 is 0 Å². The molecule has 0 amide bonds. The number of pyridine rings is 1. The molecule has 0 aliphatic rings. The summed E-state index contributed by atoms with van der Waals surface area (Å²) >= 11 is 7.03. The molecule has 0 aliphatic heterocycles. The molecule has 0 aromatic carbocycles. The lowest BCUT2D eigenvalue weighted by molar-refractivity contribution is 0.468. The van der Waals surface area contributed by atoms with Crippen molar-refractivity contribution in [3.63, 3.8) is 0 Å². The molecule has 20 heavy (non-hydrogen) atoms. The highest BCUT2D eigenvalue weighted by atomic mass is 35.5. The Labute approximate surface area is 128 Å². The summed E-state index contributed by atoms with van der Waals surface area (Å²) in [6.07, 6.45) is 3.30. The molecule has 0 radical (unpaired) electrons. The van der Waals surface area contributed by atoms with Crippen LogP contribution in [0.3, 0.4) is 0 Å². The van der Waals surface area contributed by atoms with E-state index in [0.29, 0.717) is 16.6 Å². The maximum absolute atomic E-state index is 12.5. The zero-order valence-electron chi connectivity index (χ0n) is 11.2. The molecule has 2 aromatic heterocycles. The molecule has 2 aromatic rings. The van der Waals surface area contributed by atoms with Crippen molar-refractivity contribution in [2.45, 2.75) is 23.6 Å². The van der Waals surface area contributed by atoms with E-state index in [1.54, 1.807) is 37.6 Å². The first-order valence-electron chi connectivity index (χ1n) is 5.95. The van der Waals surface area contributed by atoms with Gasteiger partial charge in [-0.15, -0.1) is 22.9 Å². The zero-order chi connectivity index (χ0) is 14.8. The van der Waals surface area contributed by atoms with Crippen LogP contribution in [0.2, 0.25) is 0 Å². The average Bonchev–Trinajstić information content (AvgIpc) is 2.81. The number of aryl methyl sites for hydroxylation is 1. The van der Waals surface area contributed by atoms with Gasteiger partial charge >= 0.3 is 0 Å². The van der Waals surface area contributed by atoms with Crippen molar-refractivity contribution in [1.82, 2.24) is 9.29 Å². The molecule has 0 unspecified atom stereocenters. The maximum Gasteiger partial charge on any atom is 0.252 e. The number of thiophene rings is 1. The fourth-order valence-electron chi connectivity index (χ4n) is 1.73. The molecule has 0 N–H and O–H groups in total. The smallest absolute Gasteiger partial charge is 0.252 e. The summed E-state index contributed by atoms with van der Waals surface area (Å²) in [4.78, 5) is 4.81. The number of hydrogen-bond acceptors (Lipinski definition) is 4. The first-order chi connectivity index (χ1) is 9.45. The summed E-state index contributed by atoms with van der Waals surface area (Å²) in [7, 11) is -1.90. The average molecular weight is 331 g/mol. The van der Waals surface area contributed by atoms with E-state index in [-0.39, 0.29) is 0 Å². The van der Waals surface area contributed by atoms with Crippen LogP contribution in [0, 0.1) is 6.92 Å². The molecule has 108 valence electrons. The summed E-state index contributed by atoms with van der Waals surface area (Å²) in [6, 6.07) is 5.28. The van der Waals surface area contributed by atoms with Crippen LogP contribution in [-0.2, 0) is 22.4 Å². The predicted molar refractivity (Wildman–Crippen MR) is 81.5 cm³/mol. The van der Waals surface area contributed by atoms with Gasteiger partial charge in [-0.3, -0.25) is 4.98 Å². The monoisotopic (exact) mass is 330 g/mol. The molecule has 4 nitrogen and oxygen atoms in total. The Bertz CT molecular complexity index is 684. The van der Waals surface area contributed by atoms with Crippen LogP contribution in [0.15, 0.2) is 34.8 Å². The lowest BCUT2D eigenvalue weighted by Gasteiger charge is -2.15. The third-order valence-corrected chi connectivity index (χ3v) is 6.85. The Hall–Kier alpha value is -0.950. The van der Waals surface area contributed by atoms with Gasteiger partial charge in [0.2, 0.25) is 0 Å². The standard InChI is InChI=1S/C13H15ClN2O2S2/c1-10-7-13(19-12(10)8-14)20(17,18)16(2)9-11-3-5-15-6-4-11/h3-7H,8-9H2,1-2H3. The minimum atomic E-state index is -3.48.